The molecule has 0 aromatic carbocycles. The van der Waals surface area contributed by atoms with Crippen LogP contribution < -0.4 is 5.32 Å². The number of rotatable bonds is 6. The molecule has 1 aromatic rings. The topological polar surface area (TPSA) is 49.2 Å². The predicted octanol–water partition coefficient (Wildman–Crippen LogP) is 0.556. The van der Waals surface area contributed by atoms with Gasteiger partial charge in [0.25, 0.3) is 0 Å². The van der Waals surface area contributed by atoms with E-state index in [9.17, 15) is 0 Å². The molecule has 3 heterocycles. The Morgan fingerprint density at radius 2 is 2.10 bits per heavy atom. The molecule has 0 aliphatic carbocycles. The molecule has 0 amide bonds. The molecule has 3 rings (SSSR count). The summed E-state index contributed by atoms with van der Waals surface area (Å²) in [5.41, 5.74) is 1.03. The molecule has 6 nitrogen and oxygen atoms in total. The van der Waals surface area contributed by atoms with Gasteiger partial charge in [-0.05, 0) is 39.4 Å². The van der Waals surface area contributed by atoms with E-state index >= 15 is 0 Å². The number of nitrogens with zero attached hydrogens (tertiary/aromatic N) is 5. The first-order valence-corrected chi connectivity index (χ1v) is 8.30. The van der Waals surface area contributed by atoms with Crippen LogP contribution in [0.4, 0.5) is 0 Å². The normalized spacial score (nSPS) is 27.1. The van der Waals surface area contributed by atoms with Gasteiger partial charge in [-0.2, -0.15) is 0 Å². The van der Waals surface area contributed by atoms with Crippen LogP contribution in [0.5, 0.6) is 0 Å². The summed E-state index contributed by atoms with van der Waals surface area (Å²) in [6.45, 7) is 8.36. The number of hydrogen-bond acceptors (Lipinski definition) is 5. The molecule has 2 saturated heterocycles. The van der Waals surface area contributed by atoms with Gasteiger partial charge in [-0.25, -0.2) is 0 Å². The van der Waals surface area contributed by atoms with E-state index in [1.54, 1.807) is 0 Å². The fourth-order valence-electron chi connectivity index (χ4n) is 3.61. The summed E-state index contributed by atoms with van der Waals surface area (Å²) in [4.78, 5) is 5.20. The smallest absolute Gasteiger partial charge is 0.0964 e. The second-order valence-corrected chi connectivity index (χ2v) is 6.39. The Kier molecular flexibility index (Phi) is 4.87. The molecule has 21 heavy (non-hydrogen) atoms. The summed E-state index contributed by atoms with van der Waals surface area (Å²) in [7, 11) is 2.30. The summed E-state index contributed by atoms with van der Waals surface area (Å²) in [5.74, 6) is 0. The molecule has 6 heteroatoms. The van der Waals surface area contributed by atoms with Gasteiger partial charge in [0, 0.05) is 37.9 Å². The quantitative estimate of drug-likeness (QED) is 0.830. The number of fused-ring (bicyclic) bond motifs is 2. The first kappa shape index (κ1) is 14.9. The maximum Gasteiger partial charge on any atom is 0.0964 e. The molecular formula is C15H28N6. The van der Waals surface area contributed by atoms with Crippen molar-refractivity contribution in [3.05, 3.63) is 11.9 Å². The van der Waals surface area contributed by atoms with Gasteiger partial charge < -0.3 is 5.32 Å². The molecule has 0 spiro atoms. The molecule has 118 valence electrons. The fourth-order valence-corrected chi connectivity index (χ4v) is 3.61. The van der Waals surface area contributed by atoms with Crippen molar-refractivity contribution in [1.29, 1.82) is 0 Å². The van der Waals surface area contributed by atoms with Gasteiger partial charge in [0.05, 0.1) is 12.2 Å². The van der Waals surface area contributed by atoms with Crippen molar-refractivity contribution < 1.29 is 0 Å². The van der Waals surface area contributed by atoms with Crippen LogP contribution in [0.1, 0.15) is 31.9 Å². The van der Waals surface area contributed by atoms with E-state index in [2.05, 4.69) is 45.6 Å². The summed E-state index contributed by atoms with van der Waals surface area (Å²) in [6.07, 6.45) is 6.15. The zero-order valence-corrected chi connectivity index (χ0v) is 13.3. The van der Waals surface area contributed by atoms with E-state index in [0.717, 1.165) is 44.0 Å². The van der Waals surface area contributed by atoms with Gasteiger partial charge in [0.15, 0.2) is 0 Å². The lowest BCUT2D eigenvalue weighted by molar-refractivity contribution is 0.213. The molecule has 2 fully saturated rings. The maximum absolute atomic E-state index is 4.23. The highest BCUT2D eigenvalue weighted by Gasteiger charge is 2.34. The molecular weight excluding hydrogens is 264 g/mol. The first-order chi connectivity index (χ1) is 10.3. The average molecular weight is 292 g/mol. The van der Waals surface area contributed by atoms with Crippen LogP contribution in [0, 0.1) is 0 Å². The van der Waals surface area contributed by atoms with Crippen LogP contribution in [-0.2, 0) is 13.1 Å². The van der Waals surface area contributed by atoms with Gasteiger partial charge >= 0.3 is 0 Å². The lowest BCUT2D eigenvalue weighted by Gasteiger charge is -2.25. The molecule has 2 atom stereocenters. The number of hydrogen-bond donors (Lipinski definition) is 1. The Bertz CT molecular complexity index is 445. The summed E-state index contributed by atoms with van der Waals surface area (Å²) in [6, 6.07) is 1.58. The minimum absolute atomic E-state index is 0.762. The van der Waals surface area contributed by atoms with E-state index < -0.39 is 0 Å². The number of likely N-dealkylation sites (N-methyl/N-ethyl adjacent to an activating group) is 1. The van der Waals surface area contributed by atoms with Crippen molar-refractivity contribution in [3.63, 3.8) is 0 Å². The Labute approximate surface area is 127 Å². The lowest BCUT2D eigenvalue weighted by Crippen LogP contribution is -2.37. The van der Waals surface area contributed by atoms with Crippen LogP contribution in [0.2, 0.25) is 0 Å². The molecule has 0 radical (unpaired) electrons. The van der Waals surface area contributed by atoms with Crippen molar-refractivity contribution in [2.24, 2.45) is 0 Å². The minimum atomic E-state index is 0.762. The minimum Gasteiger partial charge on any atom is -0.311 e. The van der Waals surface area contributed by atoms with Crippen LogP contribution in [0.15, 0.2) is 6.20 Å². The van der Waals surface area contributed by atoms with Gasteiger partial charge in [0.1, 0.15) is 0 Å². The van der Waals surface area contributed by atoms with E-state index in [1.807, 2.05) is 4.68 Å². The second kappa shape index (κ2) is 6.85. The standard InChI is InChI=1S/C15H28N6/c1-3-16-10-13-11-21(18-17-13)9-8-20-7-6-14-4-5-15(12-20)19(14)2/h11,14-16H,3-10,12H2,1-2H3. The first-order valence-electron chi connectivity index (χ1n) is 8.30. The average Bonchev–Trinajstić information content (AvgIpc) is 3.01. The molecule has 2 aliphatic heterocycles. The Hall–Kier alpha value is -0.980. The van der Waals surface area contributed by atoms with Crippen LogP contribution in [-0.4, -0.2) is 70.1 Å². The van der Waals surface area contributed by atoms with Crippen molar-refractivity contribution in [2.75, 3.05) is 33.2 Å². The van der Waals surface area contributed by atoms with E-state index in [4.69, 9.17) is 0 Å². The fraction of sp³-hybridized carbons (Fsp3) is 0.867. The van der Waals surface area contributed by atoms with Crippen LogP contribution in [0.25, 0.3) is 0 Å². The van der Waals surface area contributed by atoms with Crippen LogP contribution in [0.3, 0.4) is 0 Å². The molecule has 1 aromatic heterocycles. The number of aromatic nitrogens is 3. The second-order valence-electron chi connectivity index (χ2n) is 6.39. The molecule has 0 saturated carbocycles. The third-order valence-corrected chi connectivity index (χ3v) is 5.02. The van der Waals surface area contributed by atoms with Crippen LogP contribution >= 0.6 is 0 Å². The Morgan fingerprint density at radius 1 is 1.24 bits per heavy atom. The van der Waals surface area contributed by atoms with Gasteiger partial charge in [-0.15, -0.1) is 5.10 Å². The Morgan fingerprint density at radius 3 is 2.95 bits per heavy atom. The zero-order valence-electron chi connectivity index (χ0n) is 13.3. The maximum atomic E-state index is 4.23. The molecule has 2 bridgehead atoms. The van der Waals surface area contributed by atoms with E-state index in [0.29, 0.717) is 0 Å². The summed E-state index contributed by atoms with van der Waals surface area (Å²) < 4.78 is 1.99. The zero-order chi connectivity index (χ0) is 14.7. The predicted molar refractivity (Wildman–Crippen MR) is 83.0 cm³/mol. The largest absolute Gasteiger partial charge is 0.311 e. The Balaban J connectivity index is 1.47. The van der Waals surface area contributed by atoms with E-state index in [-0.39, 0.29) is 0 Å². The van der Waals surface area contributed by atoms with Crippen molar-refractivity contribution >= 4 is 0 Å². The highest BCUT2D eigenvalue weighted by molar-refractivity contribution is 4.92. The van der Waals surface area contributed by atoms with Crippen molar-refractivity contribution in [2.45, 2.75) is 51.4 Å². The van der Waals surface area contributed by atoms with Gasteiger partial charge in [-0.1, -0.05) is 12.1 Å². The molecule has 2 unspecified atom stereocenters. The highest BCUT2D eigenvalue weighted by atomic mass is 15.4. The van der Waals surface area contributed by atoms with Crippen molar-refractivity contribution in [3.8, 4) is 0 Å². The van der Waals surface area contributed by atoms with Gasteiger partial charge in [-0.3, -0.25) is 14.5 Å². The molecule has 1 N–H and O–H groups in total. The third kappa shape index (κ3) is 3.62. The molecule has 2 aliphatic rings. The lowest BCUT2D eigenvalue weighted by atomic mass is 10.1. The van der Waals surface area contributed by atoms with Gasteiger partial charge in [0.2, 0.25) is 0 Å². The number of nitrogens with one attached hydrogen (secondary N) is 1. The highest BCUT2D eigenvalue weighted by Crippen LogP contribution is 2.28. The monoisotopic (exact) mass is 292 g/mol. The van der Waals surface area contributed by atoms with E-state index in [1.165, 1.54) is 32.4 Å². The summed E-state index contributed by atoms with van der Waals surface area (Å²) in [5, 5.41) is 11.7. The third-order valence-electron chi connectivity index (χ3n) is 5.02. The SMILES string of the molecule is CCNCc1cn(CCN2CCC3CCC(C2)N3C)nn1. The van der Waals surface area contributed by atoms with Crippen molar-refractivity contribution in [1.82, 2.24) is 30.1 Å². The summed E-state index contributed by atoms with van der Waals surface area (Å²) >= 11 is 0. The number of likely N-dealkylation sites (tertiary alicyclic amines) is 1.